The molecule has 1 saturated carbocycles. The smallest absolute Gasteiger partial charge is 0.310 e. The maximum absolute atomic E-state index is 11.3. The van der Waals surface area contributed by atoms with Gasteiger partial charge in [-0.05, 0) is 36.1 Å². The van der Waals surface area contributed by atoms with Gasteiger partial charge < -0.3 is 21.3 Å². The molecule has 23 heavy (non-hydrogen) atoms. The lowest BCUT2D eigenvalue weighted by atomic mass is 9.81. The molecular formula is C17H25N3O3. The summed E-state index contributed by atoms with van der Waals surface area (Å²) in [6.07, 6.45) is 0.880. The Kier molecular flexibility index (Phi) is 4.94. The maximum atomic E-state index is 11.3. The first-order valence-electron chi connectivity index (χ1n) is 7.73. The predicted molar refractivity (Wildman–Crippen MR) is 89.6 cm³/mol. The number of hydrogen-bond acceptors (Lipinski definition) is 4. The fourth-order valence-corrected chi connectivity index (χ4v) is 2.20. The van der Waals surface area contributed by atoms with Gasteiger partial charge in [0.15, 0.2) is 0 Å². The molecule has 0 amide bonds. The van der Waals surface area contributed by atoms with Crippen molar-refractivity contribution in [2.45, 2.75) is 39.3 Å². The molecule has 6 heteroatoms. The Morgan fingerprint density at radius 3 is 2.39 bits per heavy atom. The lowest BCUT2D eigenvalue weighted by Crippen LogP contribution is -2.33. The Morgan fingerprint density at radius 1 is 1.39 bits per heavy atom. The summed E-state index contributed by atoms with van der Waals surface area (Å²) in [4.78, 5) is 15.7. The van der Waals surface area contributed by atoms with E-state index in [1.54, 1.807) is 12.1 Å². The van der Waals surface area contributed by atoms with Crippen molar-refractivity contribution < 1.29 is 14.6 Å². The van der Waals surface area contributed by atoms with Crippen LogP contribution < -0.4 is 16.2 Å². The SMILES string of the molecule is CC(C)(C)[C@@H](COc1ccc(C(N)=NC2C[C@@H]2N)cc1)C(=O)O. The molecule has 0 saturated heterocycles. The van der Waals surface area contributed by atoms with Crippen LogP contribution >= 0.6 is 0 Å². The number of benzene rings is 1. The number of carbonyl (C=O) groups is 1. The summed E-state index contributed by atoms with van der Waals surface area (Å²) in [5.74, 6) is -0.357. The van der Waals surface area contributed by atoms with Crippen molar-refractivity contribution in [1.82, 2.24) is 0 Å². The third-order valence-corrected chi connectivity index (χ3v) is 4.02. The molecule has 1 fully saturated rings. The van der Waals surface area contributed by atoms with Crippen LogP contribution in [0.4, 0.5) is 0 Å². The van der Waals surface area contributed by atoms with Crippen LogP contribution in [0.1, 0.15) is 32.8 Å². The van der Waals surface area contributed by atoms with E-state index in [2.05, 4.69) is 4.99 Å². The molecule has 1 aromatic carbocycles. The van der Waals surface area contributed by atoms with Gasteiger partial charge in [-0.2, -0.15) is 0 Å². The highest BCUT2D eigenvalue weighted by Gasteiger charge is 2.33. The summed E-state index contributed by atoms with van der Waals surface area (Å²) in [7, 11) is 0. The van der Waals surface area contributed by atoms with E-state index in [-0.39, 0.29) is 24.1 Å². The largest absolute Gasteiger partial charge is 0.493 e. The summed E-state index contributed by atoms with van der Waals surface area (Å²) in [5, 5.41) is 9.29. The number of rotatable bonds is 6. The lowest BCUT2D eigenvalue weighted by Gasteiger charge is -2.26. The van der Waals surface area contributed by atoms with E-state index in [1.165, 1.54) is 0 Å². The Balaban J connectivity index is 1.97. The van der Waals surface area contributed by atoms with Gasteiger partial charge in [0.1, 0.15) is 18.2 Å². The Morgan fingerprint density at radius 2 is 1.96 bits per heavy atom. The third-order valence-electron chi connectivity index (χ3n) is 4.02. The van der Waals surface area contributed by atoms with E-state index in [1.807, 2.05) is 32.9 Å². The van der Waals surface area contributed by atoms with Gasteiger partial charge in [0.05, 0.1) is 12.0 Å². The first-order valence-corrected chi connectivity index (χ1v) is 7.73. The number of aliphatic imine (C=N–C) groups is 1. The molecule has 5 N–H and O–H groups in total. The van der Waals surface area contributed by atoms with E-state index in [4.69, 9.17) is 16.2 Å². The van der Waals surface area contributed by atoms with Crippen LogP contribution in [0.3, 0.4) is 0 Å². The zero-order valence-corrected chi connectivity index (χ0v) is 13.8. The molecule has 0 radical (unpaired) electrons. The first kappa shape index (κ1) is 17.3. The standard InChI is InChI=1S/C17H25N3O3/c1-17(2,3)12(16(21)22)9-23-11-6-4-10(5-7-11)15(19)20-14-8-13(14)18/h4-7,12-14H,8-9,18H2,1-3H3,(H2,19,20)(H,21,22)/t12-,13-,14?/m0/s1. The number of hydrogen-bond donors (Lipinski definition) is 3. The van der Waals surface area contributed by atoms with Crippen LogP contribution in [0.5, 0.6) is 5.75 Å². The fourth-order valence-electron chi connectivity index (χ4n) is 2.20. The van der Waals surface area contributed by atoms with Crippen LogP contribution in [0.15, 0.2) is 29.3 Å². The minimum absolute atomic E-state index is 0.124. The molecule has 2 rings (SSSR count). The molecular weight excluding hydrogens is 294 g/mol. The summed E-state index contributed by atoms with van der Waals surface area (Å²) in [5.41, 5.74) is 12.1. The average molecular weight is 319 g/mol. The topological polar surface area (TPSA) is 111 Å². The molecule has 0 aromatic heterocycles. The molecule has 1 aliphatic carbocycles. The highest BCUT2D eigenvalue weighted by molar-refractivity contribution is 5.97. The monoisotopic (exact) mass is 319 g/mol. The van der Waals surface area contributed by atoms with Gasteiger partial charge in [0, 0.05) is 11.6 Å². The number of nitrogens with two attached hydrogens (primary N) is 2. The number of carboxylic acids is 1. The number of nitrogens with zero attached hydrogens (tertiary/aromatic N) is 1. The molecule has 0 heterocycles. The zero-order valence-electron chi connectivity index (χ0n) is 13.8. The number of aliphatic carboxylic acids is 1. The molecule has 0 spiro atoms. The third kappa shape index (κ3) is 4.69. The predicted octanol–water partition coefficient (Wildman–Crippen LogP) is 1.62. The normalized spacial score (nSPS) is 22.5. The van der Waals surface area contributed by atoms with E-state index in [0.29, 0.717) is 11.6 Å². The van der Waals surface area contributed by atoms with Gasteiger partial charge in [-0.25, -0.2) is 0 Å². The van der Waals surface area contributed by atoms with Crippen molar-refractivity contribution in [3.05, 3.63) is 29.8 Å². The number of amidine groups is 1. The van der Waals surface area contributed by atoms with Gasteiger partial charge in [-0.15, -0.1) is 0 Å². The van der Waals surface area contributed by atoms with E-state index < -0.39 is 11.9 Å². The van der Waals surface area contributed by atoms with E-state index in [9.17, 15) is 9.90 Å². The minimum atomic E-state index is -0.855. The second-order valence-electron chi connectivity index (χ2n) is 7.07. The molecule has 1 aromatic rings. The van der Waals surface area contributed by atoms with Crippen LogP contribution in [0, 0.1) is 11.3 Å². The van der Waals surface area contributed by atoms with Crippen molar-refractivity contribution >= 4 is 11.8 Å². The number of ether oxygens (including phenoxy) is 1. The van der Waals surface area contributed by atoms with E-state index in [0.717, 1.165) is 12.0 Å². The van der Waals surface area contributed by atoms with Gasteiger partial charge in [0.25, 0.3) is 0 Å². The Bertz CT molecular complexity index is 590. The lowest BCUT2D eigenvalue weighted by molar-refractivity contribution is -0.146. The second-order valence-corrected chi connectivity index (χ2v) is 7.07. The van der Waals surface area contributed by atoms with Gasteiger partial charge >= 0.3 is 5.97 Å². The van der Waals surface area contributed by atoms with Crippen molar-refractivity contribution in [3.63, 3.8) is 0 Å². The molecule has 1 aliphatic rings. The van der Waals surface area contributed by atoms with Gasteiger partial charge in [-0.1, -0.05) is 20.8 Å². The highest BCUT2D eigenvalue weighted by atomic mass is 16.5. The van der Waals surface area contributed by atoms with Crippen LogP contribution in [-0.4, -0.2) is 35.6 Å². The highest BCUT2D eigenvalue weighted by Crippen LogP contribution is 2.27. The van der Waals surface area contributed by atoms with E-state index >= 15 is 0 Å². The molecule has 0 aliphatic heterocycles. The molecule has 3 atom stereocenters. The van der Waals surface area contributed by atoms with Crippen molar-refractivity contribution in [1.29, 1.82) is 0 Å². The van der Waals surface area contributed by atoms with Crippen LogP contribution in [0.25, 0.3) is 0 Å². The fraction of sp³-hybridized carbons (Fsp3) is 0.529. The summed E-state index contributed by atoms with van der Waals surface area (Å²) in [6, 6.07) is 7.43. The Labute approximate surface area is 136 Å². The quantitative estimate of drug-likeness (QED) is 0.545. The minimum Gasteiger partial charge on any atom is -0.493 e. The second kappa shape index (κ2) is 6.58. The first-order chi connectivity index (χ1) is 10.7. The molecule has 0 bridgehead atoms. The Hall–Kier alpha value is -2.08. The van der Waals surface area contributed by atoms with Crippen molar-refractivity contribution in [2.75, 3.05) is 6.61 Å². The maximum Gasteiger partial charge on any atom is 0.310 e. The van der Waals surface area contributed by atoms with Crippen molar-refractivity contribution in [3.8, 4) is 5.75 Å². The number of carboxylic acid groups (broad SMARTS) is 1. The van der Waals surface area contributed by atoms with Crippen molar-refractivity contribution in [2.24, 2.45) is 27.8 Å². The molecule has 6 nitrogen and oxygen atoms in total. The summed E-state index contributed by atoms with van der Waals surface area (Å²) < 4.78 is 5.62. The van der Waals surface area contributed by atoms with Gasteiger partial charge in [0.2, 0.25) is 0 Å². The summed E-state index contributed by atoms with van der Waals surface area (Å²) >= 11 is 0. The average Bonchev–Trinajstić information content (AvgIpc) is 3.13. The summed E-state index contributed by atoms with van der Waals surface area (Å²) in [6.45, 7) is 5.78. The van der Waals surface area contributed by atoms with Crippen LogP contribution in [-0.2, 0) is 4.79 Å². The zero-order chi connectivity index (χ0) is 17.2. The van der Waals surface area contributed by atoms with Crippen LogP contribution in [0.2, 0.25) is 0 Å². The molecule has 1 unspecified atom stereocenters. The molecule has 126 valence electrons. The van der Waals surface area contributed by atoms with Gasteiger partial charge in [-0.3, -0.25) is 9.79 Å².